The van der Waals surface area contributed by atoms with Gasteiger partial charge in [0.2, 0.25) is 5.91 Å². The van der Waals surface area contributed by atoms with Crippen molar-refractivity contribution in [3.8, 4) is 0 Å². The number of hydrogen-bond acceptors (Lipinski definition) is 4. The summed E-state index contributed by atoms with van der Waals surface area (Å²) >= 11 is 18.1. The molecule has 0 aromatic heterocycles. The van der Waals surface area contributed by atoms with Gasteiger partial charge in [0.05, 0.1) is 31.9 Å². The van der Waals surface area contributed by atoms with E-state index < -0.39 is 23.8 Å². The number of halogens is 3. The molecule has 10 heteroatoms. The van der Waals surface area contributed by atoms with E-state index >= 15 is 0 Å². The molecule has 0 saturated heterocycles. The third kappa shape index (κ3) is 4.54. The number of nitrogens with one attached hydrogen (secondary N) is 2. The molecule has 0 bridgehead atoms. The topological polar surface area (TPSA) is 95.6 Å². The number of imide groups is 1. The van der Waals surface area contributed by atoms with Gasteiger partial charge in [-0.15, -0.1) is 0 Å². The second kappa shape index (κ2) is 8.86. The Bertz CT molecular complexity index is 1080. The molecule has 162 valence electrons. The molecule has 1 heterocycles. The second-order valence-corrected chi connectivity index (χ2v) is 8.50. The van der Waals surface area contributed by atoms with Crippen LogP contribution in [0.3, 0.4) is 0 Å². The van der Waals surface area contributed by atoms with E-state index in [1.54, 1.807) is 0 Å². The van der Waals surface area contributed by atoms with Gasteiger partial charge in [0.25, 0.3) is 17.7 Å². The second-order valence-electron chi connectivity index (χ2n) is 7.28. The molecule has 0 fully saturated rings. The largest absolute Gasteiger partial charge is 0.350 e. The molecule has 1 aliphatic rings. The standard InChI is InChI=1S/C21H18Cl3N3O4/c1-9(2)25-19(29)11-4-5-14(22)17(6-11)26-18(28)10(3)27-20(30)12-7-15(23)16(24)8-13(12)21(27)31/h4-10H,1-3H3,(H,25,29)(H,26,28). The normalized spacial score (nSPS) is 14.0. The number of nitrogens with zero attached hydrogens (tertiary/aromatic N) is 1. The zero-order valence-electron chi connectivity index (χ0n) is 16.8. The number of hydrogen-bond donors (Lipinski definition) is 2. The Hall–Kier alpha value is -2.61. The van der Waals surface area contributed by atoms with Crippen LogP contribution in [0.1, 0.15) is 51.8 Å². The summed E-state index contributed by atoms with van der Waals surface area (Å²) in [4.78, 5) is 51.3. The van der Waals surface area contributed by atoms with Crippen LogP contribution in [0.25, 0.3) is 0 Å². The number of carbonyl (C=O) groups excluding carboxylic acids is 4. The van der Waals surface area contributed by atoms with Crippen molar-refractivity contribution >= 4 is 64.1 Å². The summed E-state index contributed by atoms with van der Waals surface area (Å²) in [6.07, 6.45) is 0. The zero-order valence-corrected chi connectivity index (χ0v) is 19.0. The van der Waals surface area contributed by atoms with Crippen LogP contribution in [-0.4, -0.2) is 40.6 Å². The maximum Gasteiger partial charge on any atom is 0.262 e. The predicted octanol–water partition coefficient (Wildman–Crippen LogP) is 4.41. The Morgan fingerprint density at radius 1 is 0.871 bits per heavy atom. The van der Waals surface area contributed by atoms with Crippen molar-refractivity contribution in [1.82, 2.24) is 10.2 Å². The SMILES string of the molecule is CC(C)NC(=O)c1ccc(Cl)c(NC(=O)C(C)N2C(=O)c3cc(Cl)c(Cl)cc3C2=O)c1. The van der Waals surface area contributed by atoms with E-state index in [0.29, 0.717) is 5.56 Å². The summed E-state index contributed by atoms with van der Waals surface area (Å²) in [5.74, 6) is -2.30. The lowest BCUT2D eigenvalue weighted by Crippen LogP contribution is -2.45. The molecule has 2 aromatic carbocycles. The molecule has 1 atom stereocenters. The Labute approximate surface area is 193 Å². The highest BCUT2D eigenvalue weighted by molar-refractivity contribution is 6.43. The summed E-state index contributed by atoms with van der Waals surface area (Å²) in [6, 6.07) is 5.80. The lowest BCUT2D eigenvalue weighted by molar-refractivity contribution is -0.119. The van der Waals surface area contributed by atoms with Crippen LogP contribution in [0.2, 0.25) is 15.1 Å². The highest BCUT2D eigenvalue weighted by Gasteiger charge is 2.41. The first-order chi connectivity index (χ1) is 14.5. The third-order valence-electron chi connectivity index (χ3n) is 4.63. The van der Waals surface area contributed by atoms with Crippen LogP contribution in [0.4, 0.5) is 5.69 Å². The van der Waals surface area contributed by atoms with Gasteiger partial charge in [-0.1, -0.05) is 34.8 Å². The molecule has 1 aliphatic heterocycles. The highest BCUT2D eigenvalue weighted by atomic mass is 35.5. The minimum atomic E-state index is -1.16. The molecular formula is C21H18Cl3N3O4. The summed E-state index contributed by atoms with van der Waals surface area (Å²) in [6.45, 7) is 5.05. The van der Waals surface area contributed by atoms with Crippen molar-refractivity contribution in [1.29, 1.82) is 0 Å². The van der Waals surface area contributed by atoms with E-state index in [4.69, 9.17) is 34.8 Å². The third-order valence-corrected chi connectivity index (χ3v) is 5.68. The first-order valence-electron chi connectivity index (χ1n) is 9.29. The number of benzene rings is 2. The lowest BCUT2D eigenvalue weighted by atomic mass is 10.1. The first-order valence-corrected chi connectivity index (χ1v) is 10.4. The van der Waals surface area contributed by atoms with Crippen LogP contribution >= 0.6 is 34.8 Å². The molecule has 2 aromatic rings. The molecule has 3 rings (SSSR count). The van der Waals surface area contributed by atoms with Gasteiger partial charge >= 0.3 is 0 Å². The van der Waals surface area contributed by atoms with Crippen LogP contribution in [-0.2, 0) is 4.79 Å². The van der Waals surface area contributed by atoms with Gasteiger partial charge in [-0.25, -0.2) is 0 Å². The Morgan fingerprint density at radius 3 is 1.94 bits per heavy atom. The fraction of sp³-hybridized carbons (Fsp3) is 0.238. The molecule has 0 saturated carbocycles. The van der Waals surface area contributed by atoms with Gasteiger partial charge in [0.1, 0.15) is 6.04 Å². The molecule has 0 aliphatic carbocycles. The van der Waals surface area contributed by atoms with Crippen molar-refractivity contribution in [3.63, 3.8) is 0 Å². The quantitative estimate of drug-likeness (QED) is 0.617. The minimum Gasteiger partial charge on any atom is -0.350 e. The van der Waals surface area contributed by atoms with E-state index in [9.17, 15) is 19.2 Å². The first kappa shape index (κ1) is 23.1. The summed E-state index contributed by atoms with van der Waals surface area (Å²) in [7, 11) is 0. The van der Waals surface area contributed by atoms with Crippen LogP contribution < -0.4 is 10.6 Å². The van der Waals surface area contributed by atoms with Gasteiger partial charge < -0.3 is 10.6 Å². The maximum atomic E-state index is 12.8. The minimum absolute atomic E-state index is 0.0722. The maximum absolute atomic E-state index is 12.8. The van der Waals surface area contributed by atoms with Gasteiger partial charge in [0.15, 0.2) is 0 Å². The highest BCUT2D eigenvalue weighted by Crippen LogP contribution is 2.33. The van der Waals surface area contributed by atoms with Crippen LogP contribution in [0, 0.1) is 0 Å². The van der Waals surface area contributed by atoms with Crippen molar-refractivity contribution in [2.75, 3.05) is 5.32 Å². The van der Waals surface area contributed by atoms with Crippen molar-refractivity contribution < 1.29 is 19.2 Å². The van der Waals surface area contributed by atoms with E-state index in [-0.39, 0.29) is 43.8 Å². The number of carbonyl (C=O) groups is 4. The van der Waals surface area contributed by atoms with Crippen LogP contribution in [0.15, 0.2) is 30.3 Å². The Morgan fingerprint density at radius 2 is 1.42 bits per heavy atom. The van der Waals surface area contributed by atoms with Crippen molar-refractivity contribution in [2.45, 2.75) is 32.9 Å². The van der Waals surface area contributed by atoms with E-state index in [0.717, 1.165) is 4.90 Å². The molecular weight excluding hydrogens is 465 g/mol. The van der Waals surface area contributed by atoms with E-state index in [1.807, 2.05) is 13.8 Å². The summed E-state index contributed by atoms with van der Waals surface area (Å²) in [5, 5.41) is 5.77. The summed E-state index contributed by atoms with van der Waals surface area (Å²) < 4.78 is 0. The average Bonchev–Trinajstić information content (AvgIpc) is 2.92. The molecule has 4 amide bonds. The zero-order chi connectivity index (χ0) is 23.0. The molecule has 31 heavy (non-hydrogen) atoms. The monoisotopic (exact) mass is 481 g/mol. The summed E-state index contributed by atoms with van der Waals surface area (Å²) in [5.41, 5.74) is 0.623. The van der Waals surface area contributed by atoms with Crippen molar-refractivity contribution in [3.05, 3.63) is 62.1 Å². The molecule has 0 radical (unpaired) electrons. The van der Waals surface area contributed by atoms with Gasteiger partial charge in [-0.2, -0.15) is 0 Å². The number of fused-ring (bicyclic) bond motifs is 1. The van der Waals surface area contributed by atoms with Crippen LogP contribution in [0.5, 0.6) is 0 Å². The van der Waals surface area contributed by atoms with Gasteiger partial charge in [-0.3, -0.25) is 24.1 Å². The predicted molar refractivity (Wildman–Crippen MR) is 119 cm³/mol. The van der Waals surface area contributed by atoms with Crippen molar-refractivity contribution in [2.24, 2.45) is 0 Å². The molecule has 1 unspecified atom stereocenters. The Balaban J connectivity index is 1.82. The molecule has 7 nitrogen and oxygen atoms in total. The lowest BCUT2D eigenvalue weighted by Gasteiger charge is -2.22. The smallest absolute Gasteiger partial charge is 0.262 e. The number of amides is 4. The van der Waals surface area contributed by atoms with Gasteiger partial charge in [-0.05, 0) is 51.1 Å². The van der Waals surface area contributed by atoms with Gasteiger partial charge in [0, 0.05) is 11.6 Å². The van der Waals surface area contributed by atoms with E-state index in [1.165, 1.54) is 37.3 Å². The molecule has 2 N–H and O–H groups in total. The number of anilines is 1. The fourth-order valence-corrected chi connectivity index (χ4v) is 3.56. The Kier molecular flexibility index (Phi) is 6.59. The average molecular weight is 483 g/mol. The molecule has 0 spiro atoms. The fourth-order valence-electron chi connectivity index (χ4n) is 3.07. The number of rotatable bonds is 5. The van der Waals surface area contributed by atoms with E-state index in [2.05, 4.69) is 10.6 Å².